The molecule has 1 aliphatic rings. The molecule has 4 heteroatoms. The number of benzene rings is 1. The molecule has 0 aliphatic heterocycles. The summed E-state index contributed by atoms with van der Waals surface area (Å²) in [6.45, 7) is 0. The number of hydrogen-bond acceptors (Lipinski definition) is 4. The highest BCUT2D eigenvalue weighted by molar-refractivity contribution is 5.78. The second-order valence-corrected chi connectivity index (χ2v) is 3.96. The molecule has 0 spiro atoms. The van der Waals surface area contributed by atoms with Gasteiger partial charge in [0.1, 0.15) is 11.8 Å². The molecule has 1 atom stereocenters. The van der Waals surface area contributed by atoms with Gasteiger partial charge in [-0.3, -0.25) is 5.32 Å². The monoisotopic (exact) mass is 221 g/mol. The number of aromatic hydroxyl groups is 1. The van der Waals surface area contributed by atoms with Gasteiger partial charge in [0, 0.05) is 11.6 Å². The minimum Gasteiger partial charge on any atom is -0.508 e. The van der Waals surface area contributed by atoms with Crippen LogP contribution in [0.4, 0.5) is 0 Å². The van der Waals surface area contributed by atoms with Gasteiger partial charge < -0.3 is 9.84 Å². The minimum atomic E-state index is -0.571. The van der Waals surface area contributed by atoms with Crippen molar-refractivity contribution in [2.75, 3.05) is 7.11 Å². The van der Waals surface area contributed by atoms with Crippen LogP contribution in [0, 0.1) is 0 Å². The van der Waals surface area contributed by atoms with Crippen molar-refractivity contribution in [3.8, 4) is 5.75 Å². The molecule has 1 aliphatic carbocycles. The van der Waals surface area contributed by atoms with Crippen LogP contribution in [0.1, 0.15) is 24.4 Å². The Labute approximate surface area is 94.2 Å². The van der Waals surface area contributed by atoms with E-state index in [1.807, 2.05) is 0 Å². The van der Waals surface area contributed by atoms with Gasteiger partial charge in [0.05, 0.1) is 7.11 Å². The first-order valence-electron chi connectivity index (χ1n) is 5.34. The second kappa shape index (κ2) is 4.53. The maximum atomic E-state index is 11.6. The van der Waals surface area contributed by atoms with Crippen molar-refractivity contribution in [3.05, 3.63) is 29.8 Å². The predicted molar refractivity (Wildman–Crippen MR) is 59.0 cm³/mol. The standard InChI is InChI=1S/C12H15NO3/c1-16-12(15)11(13-8-6-7-8)9-4-2-3-5-10(9)14/h2-5,8,11,13-14H,6-7H2,1H3. The Morgan fingerprint density at radius 1 is 1.50 bits per heavy atom. The van der Waals surface area contributed by atoms with E-state index in [0.717, 1.165) is 12.8 Å². The van der Waals surface area contributed by atoms with Gasteiger partial charge in [-0.1, -0.05) is 18.2 Å². The molecule has 0 radical (unpaired) electrons. The maximum absolute atomic E-state index is 11.6. The summed E-state index contributed by atoms with van der Waals surface area (Å²) in [4.78, 5) is 11.6. The van der Waals surface area contributed by atoms with Crippen LogP contribution in [0.25, 0.3) is 0 Å². The predicted octanol–water partition coefficient (Wildman–Crippen LogP) is 1.36. The van der Waals surface area contributed by atoms with Gasteiger partial charge in [-0.2, -0.15) is 0 Å². The van der Waals surface area contributed by atoms with E-state index in [1.165, 1.54) is 7.11 Å². The number of phenolic OH excluding ortho intramolecular Hbond substituents is 1. The van der Waals surface area contributed by atoms with Crippen LogP contribution < -0.4 is 5.32 Å². The highest BCUT2D eigenvalue weighted by atomic mass is 16.5. The van der Waals surface area contributed by atoms with Crippen LogP contribution in [-0.4, -0.2) is 24.2 Å². The van der Waals surface area contributed by atoms with E-state index in [9.17, 15) is 9.90 Å². The van der Waals surface area contributed by atoms with Crippen molar-refractivity contribution < 1.29 is 14.6 Å². The highest BCUT2D eigenvalue weighted by Gasteiger charge is 2.31. The molecular formula is C12H15NO3. The molecule has 1 unspecified atom stereocenters. The number of carbonyl (C=O) groups is 1. The molecule has 0 saturated heterocycles. The van der Waals surface area contributed by atoms with Gasteiger partial charge in [-0.05, 0) is 18.9 Å². The van der Waals surface area contributed by atoms with Gasteiger partial charge >= 0.3 is 5.97 Å². The SMILES string of the molecule is COC(=O)C(NC1CC1)c1ccccc1O. The molecule has 16 heavy (non-hydrogen) atoms. The first-order valence-corrected chi connectivity index (χ1v) is 5.34. The molecule has 0 aromatic heterocycles. The summed E-state index contributed by atoms with van der Waals surface area (Å²) < 4.78 is 4.74. The summed E-state index contributed by atoms with van der Waals surface area (Å²) in [5, 5.41) is 12.9. The number of nitrogens with one attached hydrogen (secondary N) is 1. The number of hydrogen-bond donors (Lipinski definition) is 2. The number of esters is 1. The Morgan fingerprint density at radius 2 is 2.19 bits per heavy atom. The Balaban J connectivity index is 2.22. The lowest BCUT2D eigenvalue weighted by atomic mass is 10.1. The zero-order valence-corrected chi connectivity index (χ0v) is 9.14. The van der Waals surface area contributed by atoms with Crippen LogP contribution in [0.3, 0.4) is 0 Å². The van der Waals surface area contributed by atoms with Crippen LogP contribution in [0.15, 0.2) is 24.3 Å². The summed E-state index contributed by atoms with van der Waals surface area (Å²) in [6.07, 6.45) is 2.14. The number of para-hydroxylation sites is 1. The van der Waals surface area contributed by atoms with Crippen molar-refractivity contribution in [3.63, 3.8) is 0 Å². The number of carbonyl (C=O) groups excluding carboxylic acids is 1. The van der Waals surface area contributed by atoms with Gasteiger partial charge in [0.25, 0.3) is 0 Å². The Morgan fingerprint density at radius 3 is 2.75 bits per heavy atom. The smallest absolute Gasteiger partial charge is 0.327 e. The molecule has 2 N–H and O–H groups in total. The largest absolute Gasteiger partial charge is 0.508 e. The number of phenols is 1. The Bertz CT molecular complexity index is 388. The highest BCUT2D eigenvalue weighted by Crippen LogP contribution is 2.29. The number of methoxy groups -OCH3 is 1. The summed E-state index contributed by atoms with van der Waals surface area (Å²) in [6, 6.07) is 6.61. The number of ether oxygens (including phenoxy) is 1. The third kappa shape index (κ3) is 2.33. The zero-order chi connectivity index (χ0) is 11.5. The van der Waals surface area contributed by atoms with Crippen molar-refractivity contribution in [1.82, 2.24) is 5.32 Å². The molecule has 0 bridgehead atoms. The summed E-state index contributed by atoms with van der Waals surface area (Å²) in [5.74, 6) is -0.251. The number of rotatable bonds is 4. The molecule has 2 rings (SSSR count). The van der Waals surface area contributed by atoms with Crippen molar-refractivity contribution >= 4 is 5.97 Å². The van der Waals surface area contributed by atoms with E-state index >= 15 is 0 Å². The van der Waals surface area contributed by atoms with Crippen LogP contribution in [0.5, 0.6) is 5.75 Å². The van der Waals surface area contributed by atoms with E-state index in [2.05, 4.69) is 5.32 Å². The van der Waals surface area contributed by atoms with Gasteiger partial charge in [-0.15, -0.1) is 0 Å². The van der Waals surface area contributed by atoms with E-state index < -0.39 is 6.04 Å². The van der Waals surface area contributed by atoms with Crippen molar-refractivity contribution in [1.29, 1.82) is 0 Å². The Kier molecular flexibility index (Phi) is 3.10. The van der Waals surface area contributed by atoms with Crippen molar-refractivity contribution in [2.24, 2.45) is 0 Å². The third-order valence-corrected chi connectivity index (χ3v) is 2.66. The minimum absolute atomic E-state index is 0.117. The summed E-state index contributed by atoms with van der Waals surface area (Å²) in [5.41, 5.74) is 0.571. The lowest BCUT2D eigenvalue weighted by molar-refractivity contribution is -0.143. The van der Waals surface area contributed by atoms with Gasteiger partial charge in [0.15, 0.2) is 0 Å². The van der Waals surface area contributed by atoms with Crippen LogP contribution in [0.2, 0.25) is 0 Å². The molecule has 1 aromatic rings. The van der Waals surface area contributed by atoms with Crippen LogP contribution in [-0.2, 0) is 9.53 Å². The lowest BCUT2D eigenvalue weighted by Crippen LogP contribution is -2.31. The van der Waals surface area contributed by atoms with E-state index in [1.54, 1.807) is 24.3 Å². The lowest BCUT2D eigenvalue weighted by Gasteiger charge is -2.17. The average Bonchev–Trinajstić information content (AvgIpc) is 3.10. The molecule has 1 saturated carbocycles. The van der Waals surface area contributed by atoms with Crippen molar-refractivity contribution in [2.45, 2.75) is 24.9 Å². The Hall–Kier alpha value is -1.55. The molecular weight excluding hydrogens is 206 g/mol. The van der Waals surface area contributed by atoms with E-state index in [-0.39, 0.29) is 11.7 Å². The fraction of sp³-hybridized carbons (Fsp3) is 0.417. The zero-order valence-electron chi connectivity index (χ0n) is 9.14. The normalized spacial score (nSPS) is 16.8. The topological polar surface area (TPSA) is 58.6 Å². The molecule has 0 amide bonds. The fourth-order valence-corrected chi connectivity index (χ4v) is 1.62. The summed E-state index contributed by atoms with van der Waals surface area (Å²) in [7, 11) is 1.35. The van der Waals surface area contributed by atoms with E-state index in [0.29, 0.717) is 11.6 Å². The average molecular weight is 221 g/mol. The van der Waals surface area contributed by atoms with Gasteiger partial charge in [-0.25, -0.2) is 4.79 Å². The first kappa shape index (κ1) is 11.0. The molecule has 4 nitrogen and oxygen atoms in total. The van der Waals surface area contributed by atoms with Crippen LogP contribution >= 0.6 is 0 Å². The van der Waals surface area contributed by atoms with E-state index in [4.69, 9.17) is 4.74 Å². The quantitative estimate of drug-likeness (QED) is 0.754. The fourth-order valence-electron chi connectivity index (χ4n) is 1.62. The maximum Gasteiger partial charge on any atom is 0.327 e. The molecule has 1 fully saturated rings. The third-order valence-electron chi connectivity index (χ3n) is 2.66. The first-order chi connectivity index (χ1) is 7.72. The molecule has 86 valence electrons. The molecule has 1 aromatic carbocycles. The van der Waals surface area contributed by atoms with Gasteiger partial charge in [0.2, 0.25) is 0 Å². The molecule has 0 heterocycles. The second-order valence-electron chi connectivity index (χ2n) is 3.96. The summed E-state index contributed by atoms with van der Waals surface area (Å²) >= 11 is 0.